The molecule has 0 radical (unpaired) electrons. The largest absolute Gasteiger partial charge is 0.369 e. The molecule has 2 fully saturated rings. The van der Waals surface area contributed by atoms with Crippen LogP contribution in [0.5, 0.6) is 0 Å². The Morgan fingerprint density at radius 1 is 1.39 bits per heavy atom. The molecule has 1 saturated carbocycles. The highest BCUT2D eigenvalue weighted by molar-refractivity contribution is 5.84. The van der Waals surface area contributed by atoms with Crippen LogP contribution in [0.1, 0.15) is 39.5 Å². The van der Waals surface area contributed by atoms with Gasteiger partial charge in [0.05, 0.1) is 0 Å². The van der Waals surface area contributed by atoms with E-state index in [0.717, 1.165) is 37.8 Å². The number of fused-ring (bicyclic) bond motifs is 1. The summed E-state index contributed by atoms with van der Waals surface area (Å²) in [6.07, 6.45) is 4.17. The highest BCUT2D eigenvalue weighted by Gasteiger charge is 2.37. The molecule has 1 amide bonds. The summed E-state index contributed by atoms with van der Waals surface area (Å²) in [5, 5.41) is 6.64. The van der Waals surface area contributed by atoms with E-state index in [2.05, 4.69) is 10.6 Å². The molecule has 0 aromatic carbocycles. The average Bonchev–Trinajstić information content (AvgIpc) is 2.85. The Morgan fingerprint density at radius 2 is 2.11 bits per heavy atom. The number of hydrogen-bond donors (Lipinski definition) is 2. The van der Waals surface area contributed by atoms with Crippen LogP contribution in [-0.2, 0) is 9.53 Å². The standard InChI is InChI=1S/C14H26N2O2/c1-4-14(2,18-3)13(17)16-12-6-5-10-8-15-9-11(10)7-12/h10-12,15H,4-9H2,1-3H3,(H,16,17)/t10-,11+,12?,14?/m0/s1. The fourth-order valence-electron chi connectivity index (χ4n) is 3.17. The van der Waals surface area contributed by atoms with Crippen molar-refractivity contribution in [1.29, 1.82) is 0 Å². The Bertz CT molecular complexity index is 302. The van der Waals surface area contributed by atoms with Gasteiger partial charge in [0.2, 0.25) is 0 Å². The second kappa shape index (κ2) is 5.57. The van der Waals surface area contributed by atoms with Crippen LogP contribution in [0, 0.1) is 11.8 Å². The van der Waals surface area contributed by atoms with Gasteiger partial charge in [-0.2, -0.15) is 0 Å². The lowest BCUT2D eigenvalue weighted by molar-refractivity contribution is -0.143. The van der Waals surface area contributed by atoms with Crippen LogP contribution in [-0.4, -0.2) is 37.7 Å². The molecule has 0 aromatic rings. The van der Waals surface area contributed by atoms with Crippen LogP contribution < -0.4 is 10.6 Å². The second-order valence-corrected chi connectivity index (χ2v) is 5.95. The molecular weight excluding hydrogens is 228 g/mol. The lowest BCUT2D eigenvalue weighted by atomic mass is 9.79. The van der Waals surface area contributed by atoms with Crippen LogP contribution in [0.15, 0.2) is 0 Å². The van der Waals surface area contributed by atoms with Gasteiger partial charge < -0.3 is 15.4 Å². The number of carbonyl (C=O) groups excluding carboxylic acids is 1. The quantitative estimate of drug-likeness (QED) is 0.795. The van der Waals surface area contributed by atoms with E-state index in [4.69, 9.17) is 4.74 Å². The van der Waals surface area contributed by atoms with Gasteiger partial charge in [0, 0.05) is 13.2 Å². The number of hydrogen-bond acceptors (Lipinski definition) is 3. The van der Waals surface area contributed by atoms with E-state index in [1.807, 2.05) is 13.8 Å². The van der Waals surface area contributed by atoms with Crippen molar-refractivity contribution in [3.05, 3.63) is 0 Å². The molecule has 0 spiro atoms. The van der Waals surface area contributed by atoms with Crippen molar-refractivity contribution in [2.75, 3.05) is 20.2 Å². The zero-order valence-corrected chi connectivity index (χ0v) is 11.8. The highest BCUT2D eigenvalue weighted by atomic mass is 16.5. The summed E-state index contributed by atoms with van der Waals surface area (Å²) in [5.41, 5.74) is -0.676. The van der Waals surface area contributed by atoms with Gasteiger partial charge in [-0.15, -0.1) is 0 Å². The maximum Gasteiger partial charge on any atom is 0.252 e. The minimum absolute atomic E-state index is 0.0434. The van der Waals surface area contributed by atoms with E-state index < -0.39 is 5.60 Å². The predicted molar refractivity (Wildman–Crippen MR) is 71.3 cm³/mol. The number of rotatable bonds is 4. The summed E-state index contributed by atoms with van der Waals surface area (Å²) in [5.74, 6) is 1.62. The third kappa shape index (κ3) is 2.69. The fraction of sp³-hybridized carbons (Fsp3) is 0.929. The molecular formula is C14H26N2O2. The van der Waals surface area contributed by atoms with Crippen LogP contribution in [0.3, 0.4) is 0 Å². The van der Waals surface area contributed by atoms with E-state index in [9.17, 15) is 4.79 Å². The van der Waals surface area contributed by atoms with E-state index >= 15 is 0 Å². The van der Waals surface area contributed by atoms with Crippen LogP contribution in [0.2, 0.25) is 0 Å². The maximum atomic E-state index is 12.2. The lowest BCUT2D eigenvalue weighted by Gasteiger charge is -2.34. The fourth-order valence-corrected chi connectivity index (χ4v) is 3.17. The minimum atomic E-state index is -0.676. The van der Waals surface area contributed by atoms with Crippen LogP contribution in [0.25, 0.3) is 0 Å². The van der Waals surface area contributed by atoms with Crippen LogP contribution >= 0.6 is 0 Å². The van der Waals surface area contributed by atoms with Gasteiger partial charge in [-0.05, 0) is 57.5 Å². The van der Waals surface area contributed by atoms with E-state index in [-0.39, 0.29) is 5.91 Å². The molecule has 1 aliphatic carbocycles. The van der Waals surface area contributed by atoms with Gasteiger partial charge in [-0.25, -0.2) is 0 Å². The summed E-state index contributed by atoms with van der Waals surface area (Å²) in [6.45, 7) is 6.13. The smallest absolute Gasteiger partial charge is 0.252 e. The molecule has 0 bridgehead atoms. The van der Waals surface area contributed by atoms with Gasteiger partial charge in [0.25, 0.3) is 5.91 Å². The zero-order valence-electron chi connectivity index (χ0n) is 11.8. The summed E-state index contributed by atoms with van der Waals surface area (Å²) < 4.78 is 5.35. The zero-order chi connectivity index (χ0) is 13.2. The van der Waals surface area contributed by atoms with E-state index in [1.54, 1.807) is 7.11 Å². The average molecular weight is 254 g/mol. The van der Waals surface area contributed by atoms with Crippen molar-refractivity contribution in [2.24, 2.45) is 11.8 Å². The van der Waals surface area contributed by atoms with Gasteiger partial charge in [-0.3, -0.25) is 4.79 Å². The van der Waals surface area contributed by atoms with Crippen molar-refractivity contribution >= 4 is 5.91 Å². The molecule has 1 aliphatic heterocycles. The van der Waals surface area contributed by atoms with Gasteiger partial charge in [-0.1, -0.05) is 6.92 Å². The predicted octanol–water partition coefficient (Wildman–Crippen LogP) is 1.31. The molecule has 18 heavy (non-hydrogen) atoms. The molecule has 1 heterocycles. The first-order valence-electron chi connectivity index (χ1n) is 7.16. The molecule has 104 valence electrons. The molecule has 0 aromatic heterocycles. The Kier molecular flexibility index (Phi) is 4.28. The van der Waals surface area contributed by atoms with Crippen LogP contribution in [0.4, 0.5) is 0 Å². The van der Waals surface area contributed by atoms with Crippen molar-refractivity contribution in [2.45, 2.75) is 51.2 Å². The van der Waals surface area contributed by atoms with Gasteiger partial charge >= 0.3 is 0 Å². The number of amides is 1. The Morgan fingerprint density at radius 3 is 2.78 bits per heavy atom. The number of carbonyl (C=O) groups is 1. The molecule has 2 aliphatic rings. The third-order valence-electron chi connectivity index (χ3n) is 4.89. The minimum Gasteiger partial charge on any atom is -0.369 e. The van der Waals surface area contributed by atoms with Gasteiger partial charge in [0.15, 0.2) is 0 Å². The third-order valence-corrected chi connectivity index (χ3v) is 4.89. The van der Waals surface area contributed by atoms with E-state index in [1.165, 1.54) is 6.42 Å². The monoisotopic (exact) mass is 254 g/mol. The molecule has 2 N–H and O–H groups in total. The second-order valence-electron chi connectivity index (χ2n) is 5.95. The van der Waals surface area contributed by atoms with E-state index in [0.29, 0.717) is 12.5 Å². The molecule has 1 saturated heterocycles. The van der Waals surface area contributed by atoms with Crippen molar-refractivity contribution < 1.29 is 9.53 Å². The summed E-state index contributed by atoms with van der Waals surface area (Å²) in [4.78, 5) is 12.2. The molecule has 2 unspecified atom stereocenters. The topological polar surface area (TPSA) is 50.4 Å². The SMILES string of the molecule is CCC(C)(OC)C(=O)NC1CC[C@H]2CNC[C@H]2C1. The summed E-state index contributed by atoms with van der Waals surface area (Å²) in [7, 11) is 1.61. The molecule has 4 atom stereocenters. The first-order chi connectivity index (χ1) is 8.59. The number of nitrogens with one attached hydrogen (secondary N) is 2. The number of methoxy groups -OCH3 is 1. The van der Waals surface area contributed by atoms with Crippen molar-refractivity contribution in [3.63, 3.8) is 0 Å². The first-order valence-corrected chi connectivity index (χ1v) is 7.16. The number of ether oxygens (including phenoxy) is 1. The Balaban J connectivity index is 1.88. The summed E-state index contributed by atoms with van der Waals surface area (Å²) >= 11 is 0. The highest BCUT2D eigenvalue weighted by Crippen LogP contribution is 2.32. The van der Waals surface area contributed by atoms with Gasteiger partial charge in [0.1, 0.15) is 5.60 Å². The lowest BCUT2D eigenvalue weighted by Crippen LogP contribution is -2.51. The Hall–Kier alpha value is -0.610. The maximum absolute atomic E-state index is 12.2. The Labute approximate surface area is 110 Å². The first kappa shape index (κ1) is 13.8. The molecule has 2 rings (SSSR count). The normalized spacial score (nSPS) is 34.7. The van der Waals surface area contributed by atoms with Crippen molar-refractivity contribution in [1.82, 2.24) is 10.6 Å². The molecule has 4 heteroatoms. The molecule has 4 nitrogen and oxygen atoms in total. The van der Waals surface area contributed by atoms with Crippen molar-refractivity contribution in [3.8, 4) is 0 Å². The summed E-state index contributed by atoms with van der Waals surface area (Å²) in [6, 6.07) is 0.333.